The van der Waals surface area contributed by atoms with Crippen LogP contribution in [0.25, 0.3) is 11.2 Å². The van der Waals surface area contributed by atoms with Gasteiger partial charge < -0.3 is 0 Å². The van der Waals surface area contributed by atoms with Crippen molar-refractivity contribution in [3.8, 4) is 0 Å². The van der Waals surface area contributed by atoms with Crippen LogP contribution in [0.4, 0.5) is 13.2 Å². The van der Waals surface area contributed by atoms with Crippen molar-refractivity contribution < 1.29 is 22.8 Å². The molecule has 0 fully saturated rings. The van der Waals surface area contributed by atoms with E-state index in [9.17, 15) is 22.8 Å². The van der Waals surface area contributed by atoms with Crippen molar-refractivity contribution in [2.45, 2.75) is 84.2 Å². The Balaban J connectivity index is 1.43. The Labute approximate surface area is 232 Å². The fourth-order valence-corrected chi connectivity index (χ4v) is 5.11. The topological polar surface area (TPSA) is 76.7 Å². The summed E-state index contributed by atoms with van der Waals surface area (Å²) in [6.07, 6.45) is 8.74. The van der Waals surface area contributed by atoms with E-state index in [4.69, 9.17) is 0 Å². The van der Waals surface area contributed by atoms with Crippen molar-refractivity contribution in [3.05, 3.63) is 70.9 Å². The molecule has 0 atom stereocenters. The number of nitrogens with zero attached hydrogens (tertiary/aromatic N) is 4. The number of hydrogen-bond acceptors (Lipinski definition) is 5. The van der Waals surface area contributed by atoms with Gasteiger partial charge in [0.1, 0.15) is 11.5 Å². The second kappa shape index (κ2) is 13.2. The molecule has 1 aliphatic rings. The van der Waals surface area contributed by atoms with Crippen LogP contribution in [0.2, 0.25) is 0 Å². The summed E-state index contributed by atoms with van der Waals surface area (Å²) in [4.78, 5) is 37.3. The average molecular weight is 553 g/mol. The predicted octanol–water partition coefficient (Wildman–Crippen LogP) is 7.18. The molecule has 3 aromatic rings. The van der Waals surface area contributed by atoms with Gasteiger partial charge in [-0.25, -0.2) is 4.98 Å². The number of Topliss-reactive ketones (excluding diaryl/α,β-unsaturated/α-hetero) is 2. The third-order valence-corrected chi connectivity index (χ3v) is 7.24. The molecule has 6 nitrogen and oxygen atoms in total. The highest BCUT2D eigenvalue weighted by Crippen LogP contribution is 2.32. The minimum atomic E-state index is -4.54. The maximum absolute atomic E-state index is 13.4. The van der Waals surface area contributed by atoms with Crippen molar-refractivity contribution in [1.29, 1.82) is 0 Å². The fraction of sp³-hybridized carbons (Fsp3) is 0.452. The first-order valence-electron chi connectivity index (χ1n) is 14.0. The lowest BCUT2D eigenvalue weighted by Crippen LogP contribution is -2.23. The molecule has 0 bridgehead atoms. The standard InChI is InChI=1S/C31H35F3N4O2/c1-3-5-9-23(39)10-7-6-8-11-28(40)24-13-12-21(18-22(24)4-2)19-26-30-37-20-27(38(30)17-16-35-26)25-14-15-36-29(25)31(32,33)34/h12-14,16-18,20H,3-11,15,19H2,1-2H3. The van der Waals surface area contributed by atoms with E-state index in [0.717, 1.165) is 43.2 Å². The van der Waals surface area contributed by atoms with Crippen molar-refractivity contribution in [3.63, 3.8) is 0 Å². The molecule has 1 aromatic carbocycles. The molecule has 0 N–H and O–H groups in total. The number of imidazole rings is 1. The summed E-state index contributed by atoms with van der Waals surface area (Å²) in [5, 5.41) is 0. The van der Waals surface area contributed by atoms with E-state index in [2.05, 4.69) is 21.9 Å². The molecule has 3 heterocycles. The molecule has 0 amide bonds. The summed E-state index contributed by atoms with van der Waals surface area (Å²) in [6.45, 7) is 4.07. The van der Waals surface area contributed by atoms with E-state index >= 15 is 0 Å². The smallest absolute Gasteiger partial charge is 0.300 e. The molecule has 0 saturated heterocycles. The largest absolute Gasteiger partial charge is 0.433 e. The number of unbranched alkanes of at least 4 members (excludes halogenated alkanes) is 3. The van der Waals surface area contributed by atoms with Crippen molar-refractivity contribution in [2.24, 2.45) is 4.99 Å². The van der Waals surface area contributed by atoms with Crippen LogP contribution in [0.1, 0.15) is 98.1 Å². The lowest BCUT2D eigenvalue weighted by atomic mass is 9.94. The number of halogens is 3. The second-order valence-electron chi connectivity index (χ2n) is 10.2. The molecule has 0 radical (unpaired) electrons. The Kier molecular flexibility index (Phi) is 9.66. The summed E-state index contributed by atoms with van der Waals surface area (Å²) < 4.78 is 42.0. The Bertz CT molecular complexity index is 1440. The van der Waals surface area contributed by atoms with E-state index < -0.39 is 11.9 Å². The lowest BCUT2D eigenvalue weighted by molar-refractivity contribution is -0.119. The van der Waals surface area contributed by atoms with Crippen LogP contribution < -0.4 is 0 Å². The molecule has 4 rings (SSSR count). The second-order valence-corrected chi connectivity index (χ2v) is 10.2. The van der Waals surface area contributed by atoms with Gasteiger partial charge in [-0.1, -0.05) is 51.0 Å². The van der Waals surface area contributed by atoms with Crippen LogP contribution in [0.5, 0.6) is 0 Å². The van der Waals surface area contributed by atoms with Crippen LogP contribution in [-0.2, 0) is 17.6 Å². The number of alkyl halides is 3. The summed E-state index contributed by atoms with van der Waals surface area (Å²) in [5.74, 6) is 0.412. The van der Waals surface area contributed by atoms with E-state index in [1.807, 2.05) is 25.1 Å². The molecular formula is C31H35F3N4O2. The summed E-state index contributed by atoms with van der Waals surface area (Å²) in [6, 6.07) is 5.77. The molecule has 1 aliphatic heterocycles. The number of aryl methyl sites for hydroxylation is 1. The third kappa shape index (κ3) is 6.92. The number of aliphatic imine (C=N–C) groups is 1. The highest BCUT2D eigenvalue weighted by atomic mass is 19.4. The van der Waals surface area contributed by atoms with Crippen LogP contribution in [-0.4, -0.2) is 44.4 Å². The number of fused-ring (bicyclic) bond motifs is 1. The Hall–Kier alpha value is -3.62. The maximum atomic E-state index is 13.4. The fourth-order valence-electron chi connectivity index (χ4n) is 5.11. The Morgan fingerprint density at radius 1 is 1.00 bits per heavy atom. The molecular weight excluding hydrogens is 517 g/mol. The maximum Gasteiger partial charge on any atom is 0.433 e. The summed E-state index contributed by atoms with van der Waals surface area (Å²) >= 11 is 0. The first kappa shape index (κ1) is 29.4. The molecule has 2 aromatic heterocycles. The normalized spacial score (nSPS) is 13.5. The van der Waals surface area contributed by atoms with E-state index in [0.29, 0.717) is 60.5 Å². The number of carbonyl (C=O) groups excluding carboxylic acids is 2. The van der Waals surface area contributed by atoms with Gasteiger partial charge in [0.15, 0.2) is 11.4 Å². The number of allylic oxidation sites excluding steroid dienone is 1. The van der Waals surface area contributed by atoms with Crippen LogP contribution in [0, 0.1) is 0 Å². The molecule has 40 heavy (non-hydrogen) atoms. The van der Waals surface area contributed by atoms with Gasteiger partial charge in [0.2, 0.25) is 0 Å². The van der Waals surface area contributed by atoms with E-state index in [1.54, 1.807) is 16.8 Å². The van der Waals surface area contributed by atoms with Crippen molar-refractivity contribution in [2.75, 3.05) is 6.54 Å². The van der Waals surface area contributed by atoms with Gasteiger partial charge in [-0.15, -0.1) is 0 Å². The van der Waals surface area contributed by atoms with E-state index in [1.165, 1.54) is 12.3 Å². The number of hydrogen-bond donors (Lipinski definition) is 0. The van der Waals surface area contributed by atoms with Crippen LogP contribution >= 0.6 is 0 Å². The zero-order chi connectivity index (χ0) is 28.7. The van der Waals surface area contributed by atoms with E-state index in [-0.39, 0.29) is 17.9 Å². The van der Waals surface area contributed by atoms with Gasteiger partial charge in [0, 0.05) is 49.2 Å². The Morgan fingerprint density at radius 3 is 2.52 bits per heavy atom. The number of rotatable bonds is 14. The SMILES string of the molecule is CCCCC(=O)CCCCCC(=O)c1ccc(Cc2nccn3c(C4=CCN=C4C(F)(F)F)cnc23)cc1CC. The van der Waals surface area contributed by atoms with Gasteiger partial charge in [-0.2, -0.15) is 13.2 Å². The van der Waals surface area contributed by atoms with Crippen LogP contribution in [0.15, 0.2) is 47.9 Å². The first-order valence-corrected chi connectivity index (χ1v) is 14.0. The number of carbonyl (C=O) groups is 2. The summed E-state index contributed by atoms with van der Waals surface area (Å²) in [7, 11) is 0. The first-order chi connectivity index (χ1) is 19.2. The molecule has 0 spiro atoms. The van der Waals surface area contributed by atoms with Gasteiger partial charge in [-0.05, 0) is 36.8 Å². The zero-order valence-corrected chi connectivity index (χ0v) is 23.1. The molecule has 0 aliphatic carbocycles. The highest BCUT2D eigenvalue weighted by molar-refractivity contribution is 6.27. The van der Waals surface area contributed by atoms with Crippen molar-refractivity contribution >= 4 is 28.5 Å². The van der Waals surface area contributed by atoms with Gasteiger partial charge in [0.05, 0.1) is 24.1 Å². The number of ketones is 2. The number of aromatic nitrogens is 3. The van der Waals surface area contributed by atoms with Crippen LogP contribution in [0.3, 0.4) is 0 Å². The van der Waals surface area contributed by atoms with Gasteiger partial charge in [-0.3, -0.25) is 24.0 Å². The third-order valence-electron chi connectivity index (χ3n) is 7.24. The minimum Gasteiger partial charge on any atom is -0.300 e. The lowest BCUT2D eigenvalue weighted by Gasteiger charge is -2.12. The molecule has 9 heteroatoms. The van der Waals surface area contributed by atoms with Crippen molar-refractivity contribution in [1.82, 2.24) is 14.4 Å². The monoisotopic (exact) mass is 552 g/mol. The average Bonchev–Trinajstić information content (AvgIpc) is 3.59. The van der Waals surface area contributed by atoms with Gasteiger partial charge >= 0.3 is 6.18 Å². The molecule has 0 saturated carbocycles. The number of benzene rings is 1. The predicted molar refractivity (Wildman–Crippen MR) is 150 cm³/mol. The highest BCUT2D eigenvalue weighted by Gasteiger charge is 2.40. The zero-order valence-electron chi connectivity index (χ0n) is 23.1. The minimum absolute atomic E-state index is 0.0149. The summed E-state index contributed by atoms with van der Waals surface area (Å²) in [5.41, 5.74) is 3.19. The molecule has 212 valence electrons. The quantitative estimate of drug-likeness (QED) is 0.157. The Morgan fingerprint density at radius 2 is 1.77 bits per heavy atom. The molecule has 0 unspecified atom stereocenters. The van der Waals surface area contributed by atoms with Gasteiger partial charge in [0.25, 0.3) is 0 Å².